The van der Waals surface area contributed by atoms with E-state index in [9.17, 15) is 14.4 Å². The van der Waals surface area contributed by atoms with Gasteiger partial charge in [-0.3, -0.25) is 14.4 Å². The van der Waals surface area contributed by atoms with Crippen molar-refractivity contribution >= 4 is 17.8 Å². The molecule has 0 unspecified atom stereocenters. The number of ether oxygens (including phenoxy) is 1. The van der Waals surface area contributed by atoms with Crippen molar-refractivity contribution in [2.45, 2.75) is 63.5 Å². The third-order valence-electron chi connectivity index (χ3n) is 6.31. The lowest BCUT2D eigenvalue weighted by molar-refractivity contribution is -0.152. The van der Waals surface area contributed by atoms with Crippen LogP contribution >= 0.6 is 0 Å². The molecule has 1 saturated carbocycles. The Kier molecular flexibility index (Phi) is 5.64. The molecule has 6 heteroatoms. The maximum Gasteiger partial charge on any atom is 0.311 e. The summed E-state index contributed by atoms with van der Waals surface area (Å²) >= 11 is 0. The van der Waals surface area contributed by atoms with Crippen LogP contribution in [0.5, 0.6) is 0 Å². The van der Waals surface area contributed by atoms with Gasteiger partial charge >= 0.3 is 5.97 Å². The highest BCUT2D eigenvalue weighted by atomic mass is 16.5. The van der Waals surface area contributed by atoms with E-state index in [1.165, 1.54) is 5.56 Å². The molecule has 1 aliphatic heterocycles. The van der Waals surface area contributed by atoms with Gasteiger partial charge in [-0.25, -0.2) is 0 Å². The first-order chi connectivity index (χ1) is 13.6. The summed E-state index contributed by atoms with van der Waals surface area (Å²) in [6.07, 6.45) is 7.50. The van der Waals surface area contributed by atoms with Crippen molar-refractivity contribution in [3.05, 3.63) is 35.4 Å². The molecule has 1 aromatic rings. The molecule has 1 aromatic carbocycles. The van der Waals surface area contributed by atoms with Crippen molar-refractivity contribution in [1.82, 2.24) is 10.2 Å². The molecule has 0 aromatic heterocycles. The van der Waals surface area contributed by atoms with Crippen LogP contribution in [0.1, 0.15) is 62.1 Å². The molecule has 3 aliphatic rings. The molecule has 6 nitrogen and oxygen atoms in total. The smallest absolute Gasteiger partial charge is 0.311 e. The molecule has 150 valence electrons. The molecule has 4 rings (SSSR count). The summed E-state index contributed by atoms with van der Waals surface area (Å²) in [6.45, 7) is 0.144. The van der Waals surface area contributed by atoms with Gasteiger partial charge in [0.1, 0.15) is 0 Å². The number of likely N-dealkylation sites (tertiary alicyclic amines) is 1. The maximum atomic E-state index is 12.4. The molecule has 1 heterocycles. The molecule has 0 radical (unpaired) electrons. The normalized spacial score (nSPS) is 24.9. The Labute approximate surface area is 165 Å². The van der Waals surface area contributed by atoms with E-state index >= 15 is 0 Å². The number of rotatable bonds is 5. The zero-order valence-electron chi connectivity index (χ0n) is 16.2. The maximum absolute atomic E-state index is 12.4. The first kappa shape index (κ1) is 19.0. The fourth-order valence-electron chi connectivity index (χ4n) is 4.85. The molecule has 2 amide bonds. The highest BCUT2D eigenvalue weighted by Gasteiger charge is 2.39. The van der Waals surface area contributed by atoms with Crippen LogP contribution in [-0.2, 0) is 25.5 Å². The van der Waals surface area contributed by atoms with E-state index < -0.39 is 11.9 Å². The van der Waals surface area contributed by atoms with Crippen LogP contribution in [0.3, 0.4) is 0 Å². The van der Waals surface area contributed by atoms with Crippen molar-refractivity contribution < 1.29 is 19.1 Å². The third kappa shape index (κ3) is 4.05. The summed E-state index contributed by atoms with van der Waals surface area (Å²) in [6, 6.07) is 8.40. The first-order valence-corrected chi connectivity index (χ1v) is 10.4. The van der Waals surface area contributed by atoms with E-state index in [4.69, 9.17) is 4.74 Å². The van der Waals surface area contributed by atoms with Gasteiger partial charge in [-0.1, -0.05) is 37.1 Å². The summed E-state index contributed by atoms with van der Waals surface area (Å²) in [5.41, 5.74) is 2.43. The molecule has 1 N–H and O–H groups in total. The molecule has 0 spiro atoms. The Bertz CT molecular complexity index is 757. The van der Waals surface area contributed by atoms with Gasteiger partial charge in [-0.2, -0.15) is 0 Å². The minimum Gasteiger partial charge on any atom is -0.455 e. The second kappa shape index (κ2) is 8.33. The van der Waals surface area contributed by atoms with Crippen molar-refractivity contribution in [2.24, 2.45) is 5.92 Å². The van der Waals surface area contributed by atoms with Gasteiger partial charge in [-0.15, -0.1) is 0 Å². The number of carbonyl (C=O) groups is 3. The quantitative estimate of drug-likeness (QED) is 0.792. The molecule has 1 saturated heterocycles. The van der Waals surface area contributed by atoms with E-state index in [-0.39, 0.29) is 36.9 Å². The van der Waals surface area contributed by atoms with Crippen molar-refractivity contribution in [2.75, 3.05) is 13.2 Å². The lowest BCUT2D eigenvalue weighted by Crippen LogP contribution is -2.36. The van der Waals surface area contributed by atoms with Crippen LogP contribution < -0.4 is 5.32 Å². The second-order valence-corrected chi connectivity index (χ2v) is 8.20. The van der Waals surface area contributed by atoms with E-state index in [1.54, 1.807) is 0 Å². The van der Waals surface area contributed by atoms with Gasteiger partial charge in [0.2, 0.25) is 5.91 Å². The molecule has 0 bridgehead atoms. The van der Waals surface area contributed by atoms with Gasteiger partial charge < -0.3 is 15.0 Å². The standard InChI is InChI=1S/C22H28N2O4/c25-20(23-19-11-5-7-15-6-1-4-10-18(15)19)14-28-22(27)16-12-21(26)24(13-16)17-8-2-3-9-17/h1,4,6,10,16-17,19H,2-3,5,7-9,11-14H2,(H,23,25)/t16-,19-/m1/s1. The number of hydrogen-bond acceptors (Lipinski definition) is 4. The fraction of sp³-hybridized carbons (Fsp3) is 0.591. The average Bonchev–Trinajstić information content (AvgIpc) is 3.36. The van der Waals surface area contributed by atoms with Crippen molar-refractivity contribution in [3.8, 4) is 0 Å². The summed E-state index contributed by atoms with van der Waals surface area (Å²) in [5, 5.41) is 2.99. The van der Waals surface area contributed by atoms with E-state index in [1.807, 2.05) is 23.1 Å². The lowest BCUT2D eigenvalue weighted by Gasteiger charge is -2.26. The number of hydrogen-bond donors (Lipinski definition) is 1. The minimum absolute atomic E-state index is 0.0259. The van der Waals surface area contributed by atoms with Crippen LogP contribution in [0.4, 0.5) is 0 Å². The highest BCUT2D eigenvalue weighted by Crippen LogP contribution is 2.30. The van der Waals surface area contributed by atoms with Crippen LogP contribution in [0.15, 0.2) is 24.3 Å². The Hall–Kier alpha value is -2.37. The van der Waals surface area contributed by atoms with Crippen LogP contribution in [0.25, 0.3) is 0 Å². The largest absolute Gasteiger partial charge is 0.455 e. The van der Waals surface area contributed by atoms with Gasteiger partial charge in [0.25, 0.3) is 5.91 Å². The molecule has 28 heavy (non-hydrogen) atoms. The van der Waals surface area contributed by atoms with Crippen molar-refractivity contribution in [3.63, 3.8) is 0 Å². The number of fused-ring (bicyclic) bond motifs is 1. The van der Waals surface area contributed by atoms with E-state index in [0.29, 0.717) is 6.54 Å². The number of nitrogens with one attached hydrogen (secondary N) is 1. The molecule has 2 atom stereocenters. The second-order valence-electron chi connectivity index (χ2n) is 8.20. The SMILES string of the molecule is O=C(COC(=O)[C@@H]1CC(=O)N(C2CCCC2)C1)N[C@@H]1CCCc2ccccc21. The summed E-state index contributed by atoms with van der Waals surface area (Å²) in [7, 11) is 0. The lowest BCUT2D eigenvalue weighted by atomic mass is 9.88. The third-order valence-corrected chi connectivity index (χ3v) is 6.31. The monoisotopic (exact) mass is 384 g/mol. The zero-order chi connectivity index (χ0) is 19.5. The van der Waals surface area contributed by atoms with Gasteiger partial charge in [0.15, 0.2) is 6.61 Å². The van der Waals surface area contributed by atoms with Crippen LogP contribution in [0.2, 0.25) is 0 Å². The number of nitrogens with zero attached hydrogens (tertiary/aromatic N) is 1. The summed E-state index contributed by atoms with van der Waals surface area (Å²) in [4.78, 5) is 38.8. The Morgan fingerprint density at radius 3 is 2.71 bits per heavy atom. The first-order valence-electron chi connectivity index (χ1n) is 10.4. The minimum atomic E-state index is -0.448. The number of esters is 1. The Morgan fingerprint density at radius 1 is 1.11 bits per heavy atom. The zero-order valence-corrected chi connectivity index (χ0v) is 16.2. The van der Waals surface area contributed by atoms with Crippen LogP contribution in [-0.4, -0.2) is 41.9 Å². The topological polar surface area (TPSA) is 75.7 Å². The average molecular weight is 384 g/mol. The molecular weight excluding hydrogens is 356 g/mol. The van der Waals surface area contributed by atoms with Crippen LogP contribution in [0, 0.1) is 5.92 Å². The number of aryl methyl sites for hydroxylation is 1. The number of amides is 2. The van der Waals surface area contributed by atoms with E-state index in [2.05, 4.69) is 11.4 Å². The fourth-order valence-corrected chi connectivity index (χ4v) is 4.85. The van der Waals surface area contributed by atoms with Crippen molar-refractivity contribution in [1.29, 1.82) is 0 Å². The Balaban J connectivity index is 1.26. The van der Waals surface area contributed by atoms with E-state index in [0.717, 1.165) is 50.5 Å². The molecule has 2 fully saturated rings. The summed E-state index contributed by atoms with van der Waals surface area (Å²) in [5.74, 6) is -1.13. The number of benzene rings is 1. The van der Waals surface area contributed by atoms with Gasteiger partial charge in [0.05, 0.1) is 12.0 Å². The molecular formula is C22H28N2O4. The summed E-state index contributed by atoms with van der Waals surface area (Å²) < 4.78 is 5.25. The highest BCUT2D eigenvalue weighted by molar-refractivity contribution is 5.88. The Morgan fingerprint density at radius 2 is 1.89 bits per heavy atom. The van der Waals surface area contributed by atoms with Gasteiger partial charge in [0, 0.05) is 19.0 Å². The predicted molar refractivity (Wildman–Crippen MR) is 103 cm³/mol. The molecule has 2 aliphatic carbocycles. The van der Waals surface area contributed by atoms with Gasteiger partial charge in [-0.05, 0) is 43.2 Å². The predicted octanol–water partition coefficient (Wildman–Crippen LogP) is 2.51. The number of carbonyl (C=O) groups excluding carboxylic acids is 3.